The number of nitrogens with two attached hydrogens (primary N) is 1. The number of hydrogen-bond donors (Lipinski definition) is 1. The Morgan fingerprint density at radius 2 is 2.00 bits per heavy atom. The molecule has 0 heterocycles. The van der Waals surface area contributed by atoms with Crippen LogP contribution in [0.1, 0.15) is 39.5 Å². The maximum atomic E-state index is 10.9. The average molecular weight is 210 g/mol. The van der Waals surface area contributed by atoms with Crippen molar-refractivity contribution in [1.82, 2.24) is 0 Å². The molecule has 0 aliphatic rings. The van der Waals surface area contributed by atoms with Gasteiger partial charge in [0.2, 0.25) is 0 Å². The summed E-state index contributed by atoms with van der Waals surface area (Å²) in [5, 5.41) is 0. The fourth-order valence-corrected chi connectivity index (χ4v) is 1.05. The summed E-state index contributed by atoms with van der Waals surface area (Å²) in [5.74, 6) is -0.135. The summed E-state index contributed by atoms with van der Waals surface area (Å²) in [6.45, 7) is 4.36. The highest BCUT2D eigenvalue weighted by Gasteiger charge is 2.05. The minimum atomic E-state index is -0.135. The van der Waals surface area contributed by atoms with E-state index in [0.29, 0.717) is 13.0 Å². The van der Waals surface area contributed by atoms with E-state index in [1.54, 1.807) is 0 Å². The van der Waals surface area contributed by atoms with Crippen LogP contribution >= 0.6 is 12.4 Å². The number of hydrogen-bond acceptors (Lipinski definition) is 3. The van der Waals surface area contributed by atoms with Crippen molar-refractivity contribution in [2.75, 3.05) is 6.61 Å². The molecular weight excluding hydrogens is 190 g/mol. The molecule has 2 N–H and O–H groups in total. The average Bonchev–Trinajstić information content (AvgIpc) is 2.02. The van der Waals surface area contributed by atoms with Gasteiger partial charge >= 0.3 is 5.97 Å². The first-order valence-corrected chi connectivity index (χ1v) is 4.61. The van der Waals surface area contributed by atoms with E-state index in [2.05, 4.69) is 6.92 Å². The Morgan fingerprint density at radius 1 is 1.38 bits per heavy atom. The highest BCUT2D eigenvalue weighted by molar-refractivity contribution is 5.85. The second-order valence-corrected chi connectivity index (χ2v) is 2.89. The van der Waals surface area contributed by atoms with Crippen LogP contribution in [0.25, 0.3) is 0 Å². The van der Waals surface area contributed by atoms with Crippen molar-refractivity contribution in [3.8, 4) is 0 Å². The Hall–Kier alpha value is -0.280. The number of halogens is 1. The molecule has 0 aromatic heterocycles. The third-order valence-corrected chi connectivity index (χ3v) is 1.68. The number of carbonyl (C=O) groups excluding carboxylic acids is 1. The van der Waals surface area contributed by atoms with Gasteiger partial charge in [0.05, 0.1) is 6.61 Å². The summed E-state index contributed by atoms with van der Waals surface area (Å²) in [5.41, 5.74) is 5.72. The molecule has 1 unspecified atom stereocenters. The van der Waals surface area contributed by atoms with Gasteiger partial charge in [0.15, 0.2) is 0 Å². The molecule has 80 valence electrons. The highest BCUT2D eigenvalue weighted by atomic mass is 35.5. The highest BCUT2D eigenvalue weighted by Crippen LogP contribution is 2.02. The van der Waals surface area contributed by atoms with E-state index in [1.807, 2.05) is 6.92 Å². The molecule has 1 atom stereocenters. The smallest absolute Gasteiger partial charge is 0.305 e. The van der Waals surface area contributed by atoms with E-state index in [-0.39, 0.29) is 24.4 Å². The van der Waals surface area contributed by atoms with E-state index in [1.165, 1.54) is 0 Å². The molecule has 0 rings (SSSR count). The fraction of sp³-hybridized carbons (Fsp3) is 0.889. The molecule has 0 saturated carbocycles. The SMILES string of the molecule is CCCC(N)CCC(=O)OCC.Cl. The van der Waals surface area contributed by atoms with Crippen molar-refractivity contribution in [2.24, 2.45) is 5.73 Å². The van der Waals surface area contributed by atoms with E-state index in [0.717, 1.165) is 19.3 Å². The summed E-state index contributed by atoms with van der Waals surface area (Å²) in [6, 6.07) is 0.152. The minimum absolute atomic E-state index is 0. The molecular formula is C9H20ClNO2. The molecule has 0 aromatic rings. The molecule has 0 aliphatic heterocycles. The van der Waals surface area contributed by atoms with E-state index in [9.17, 15) is 4.79 Å². The van der Waals surface area contributed by atoms with Crippen LogP contribution in [0.15, 0.2) is 0 Å². The maximum Gasteiger partial charge on any atom is 0.305 e. The Labute approximate surface area is 86.4 Å². The van der Waals surface area contributed by atoms with E-state index >= 15 is 0 Å². The van der Waals surface area contributed by atoms with Crippen LogP contribution in [0.4, 0.5) is 0 Å². The van der Waals surface area contributed by atoms with Crippen molar-refractivity contribution >= 4 is 18.4 Å². The van der Waals surface area contributed by atoms with Gasteiger partial charge in [0.25, 0.3) is 0 Å². The molecule has 0 spiro atoms. The van der Waals surface area contributed by atoms with Crippen LogP contribution in [0.5, 0.6) is 0 Å². The van der Waals surface area contributed by atoms with Crippen LogP contribution in [0.2, 0.25) is 0 Å². The second kappa shape index (κ2) is 9.81. The summed E-state index contributed by atoms with van der Waals surface area (Å²) in [7, 11) is 0. The normalized spacial score (nSPS) is 11.6. The number of carbonyl (C=O) groups is 1. The van der Waals surface area contributed by atoms with Gasteiger partial charge in [-0.05, 0) is 19.8 Å². The summed E-state index contributed by atoms with van der Waals surface area (Å²) in [6.07, 6.45) is 3.26. The van der Waals surface area contributed by atoms with Gasteiger partial charge in [-0.25, -0.2) is 0 Å². The number of rotatable bonds is 6. The molecule has 0 aromatic carbocycles. The second-order valence-electron chi connectivity index (χ2n) is 2.89. The molecule has 0 fully saturated rings. The lowest BCUT2D eigenvalue weighted by Gasteiger charge is -2.08. The lowest BCUT2D eigenvalue weighted by Crippen LogP contribution is -2.21. The summed E-state index contributed by atoms with van der Waals surface area (Å²) >= 11 is 0. The Bertz CT molecular complexity index is 131. The summed E-state index contributed by atoms with van der Waals surface area (Å²) in [4.78, 5) is 10.9. The van der Waals surface area contributed by atoms with Gasteiger partial charge in [-0.1, -0.05) is 13.3 Å². The summed E-state index contributed by atoms with van der Waals surface area (Å²) < 4.78 is 4.78. The third-order valence-electron chi connectivity index (χ3n) is 1.68. The van der Waals surface area contributed by atoms with Crippen LogP contribution in [-0.4, -0.2) is 18.6 Å². The van der Waals surface area contributed by atoms with E-state index in [4.69, 9.17) is 10.5 Å². The van der Waals surface area contributed by atoms with Crippen molar-refractivity contribution in [1.29, 1.82) is 0 Å². The van der Waals surface area contributed by atoms with Crippen LogP contribution in [0, 0.1) is 0 Å². The Balaban J connectivity index is 0. The van der Waals surface area contributed by atoms with E-state index < -0.39 is 0 Å². The molecule has 0 amide bonds. The predicted octanol–water partition coefficient (Wildman–Crippen LogP) is 1.88. The number of ether oxygens (including phenoxy) is 1. The predicted molar refractivity (Wildman–Crippen MR) is 56.0 cm³/mol. The molecule has 0 radical (unpaired) electrons. The largest absolute Gasteiger partial charge is 0.466 e. The fourth-order valence-electron chi connectivity index (χ4n) is 1.05. The standard InChI is InChI=1S/C9H19NO2.ClH/c1-3-5-8(10)6-7-9(11)12-4-2;/h8H,3-7,10H2,1-2H3;1H. The zero-order valence-corrected chi connectivity index (χ0v) is 9.23. The Morgan fingerprint density at radius 3 is 2.46 bits per heavy atom. The number of esters is 1. The molecule has 0 bridgehead atoms. The molecule has 3 nitrogen and oxygen atoms in total. The first kappa shape index (κ1) is 15.2. The van der Waals surface area contributed by atoms with Crippen molar-refractivity contribution < 1.29 is 9.53 Å². The molecule has 0 saturated heterocycles. The van der Waals surface area contributed by atoms with Gasteiger partial charge in [0, 0.05) is 12.5 Å². The first-order chi connectivity index (χ1) is 5.70. The zero-order chi connectivity index (χ0) is 9.40. The Kier molecular flexibility index (Phi) is 11.5. The van der Waals surface area contributed by atoms with Crippen LogP contribution in [0.3, 0.4) is 0 Å². The van der Waals surface area contributed by atoms with Gasteiger partial charge < -0.3 is 10.5 Å². The van der Waals surface area contributed by atoms with Crippen molar-refractivity contribution in [2.45, 2.75) is 45.6 Å². The lowest BCUT2D eigenvalue weighted by molar-refractivity contribution is -0.143. The molecule has 13 heavy (non-hydrogen) atoms. The quantitative estimate of drug-likeness (QED) is 0.680. The van der Waals surface area contributed by atoms with Crippen LogP contribution < -0.4 is 5.73 Å². The van der Waals surface area contributed by atoms with Crippen molar-refractivity contribution in [3.63, 3.8) is 0 Å². The van der Waals surface area contributed by atoms with Gasteiger partial charge in [-0.2, -0.15) is 0 Å². The third kappa shape index (κ3) is 9.64. The zero-order valence-electron chi connectivity index (χ0n) is 8.41. The molecule has 0 aliphatic carbocycles. The minimum Gasteiger partial charge on any atom is -0.466 e. The monoisotopic (exact) mass is 209 g/mol. The van der Waals surface area contributed by atoms with Crippen molar-refractivity contribution in [3.05, 3.63) is 0 Å². The maximum absolute atomic E-state index is 10.9. The van der Waals surface area contributed by atoms with Crippen LogP contribution in [-0.2, 0) is 9.53 Å². The topological polar surface area (TPSA) is 52.3 Å². The first-order valence-electron chi connectivity index (χ1n) is 4.61. The van der Waals surface area contributed by atoms with Gasteiger partial charge in [0.1, 0.15) is 0 Å². The lowest BCUT2D eigenvalue weighted by atomic mass is 10.1. The molecule has 4 heteroatoms. The van der Waals surface area contributed by atoms with Gasteiger partial charge in [-0.3, -0.25) is 4.79 Å². The van der Waals surface area contributed by atoms with Gasteiger partial charge in [-0.15, -0.1) is 12.4 Å².